The molecule has 162 valence electrons. The highest BCUT2D eigenvalue weighted by atomic mass is 79.9. The van der Waals surface area contributed by atoms with E-state index in [1.165, 1.54) is 28.8 Å². The molecule has 0 atom stereocenters. The predicted molar refractivity (Wildman–Crippen MR) is 135 cm³/mol. The Kier molecular flexibility index (Phi) is 7.00. The zero-order chi connectivity index (χ0) is 23.0. The number of furan rings is 1. The molecular formula is C21H10BrCl3N2O3S2. The molecule has 32 heavy (non-hydrogen) atoms. The number of carbonyl (C=O) groups excluding carboxylic acids is 2. The van der Waals surface area contributed by atoms with Gasteiger partial charge in [-0.05, 0) is 82.8 Å². The lowest BCUT2D eigenvalue weighted by Gasteiger charge is -2.28. The van der Waals surface area contributed by atoms with Crippen molar-refractivity contribution in [2.45, 2.75) is 9.99 Å². The zero-order valence-corrected chi connectivity index (χ0v) is 21.2. The molecule has 1 aliphatic heterocycles. The van der Waals surface area contributed by atoms with Gasteiger partial charge in [-0.1, -0.05) is 46.6 Å². The Morgan fingerprint density at radius 3 is 2.44 bits per heavy atom. The number of nitrogens with one attached hydrogen (secondary N) is 1. The zero-order valence-electron chi connectivity index (χ0n) is 15.7. The summed E-state index contributed by atoms with van der Waals surface area (Å²) in [7, 11) is 0. The Morgan fingerprint density at radius 1 is 1.03 bits per heavy atom. The van der Waals surface area contributed by atoms with Gasteiger partial charge in [-0.3, -0.25) is 19.8 Å². The summed E-state index contributed by atoms with van der Waals surface area (Å²) in [5.74, 6) is -0.930. The van der Waals surface area contributed by atoms with Crippen molar-refractivity contribution in [2.24, 2.45) is 0 Å². The van der Waals surface area contributed by atoms with Crippen LogP contribution in [0.5, 0.6) is 0 Å². The molecular weight excluding hydrogens is 579 g/mol. The van der Waals surface area contributed by atoms with Gasteiger partial charge >= 0.3 is 0 Å². The lowest BCUT2D eigenvalue weighted by molar-refractivity contribution is -0.122. The molecule has 1 aromatic heterocycles. The van der Waals surface area contributed by atoms with Crippen LogP contribution in [0, 0.1) is 0 Å². The fourth-order valence-electron chi connectivity index (χ4n) is 2.78. The first-order valence-corrected chi connectivity index (χ1v) is 12.0. The summed E-state index contributed by atoms with van der Waals surface area (Å²) in [6.07, 6.45) is 1.36. The summed E-state index contributed by atoms with van der Waals surface area (Å²) in [5, 5.41) is 4.22. The van der Waals surface area contributed by atoms with Crippen LogP contribution in [0.3, 0.4) is 0 Å². The second kappa shape index (κ2) is 9.59. The van der Waals surface area contributed by atoms with E-state index in [0.29, 0.717) is 31.1 Å². The standard InChI is InChI=1S/C21H10BrCl3N2O3S2/c22-15-9-12(30-20(15)32-13-4-1-10(23)2-5-13)8-14-18(28)26-21(31)27(19(14)29)11-3-6-16(24)17(25)7-11/h1-9H,(H,26,28,31)/b14-8+. The number of hydrogen-bond acceptors (Lipinski definition) is 5. The van der Waals surface area contributed by atoms with E-state index in [2.05, 4.69) is 21.2 Å². The first-order chi connectivity index (χ1) is 15.2. The molecule has 0 aliphatic carbocycles. The average molecular weight is 589 g/mol. The fraction of sp³-hybridized carbons (Fsp3) is 0. The van der Waals surface area contributed by atoms with E-state index in [1.807, 2.05) is 12.1 Å². The summed E-state index contributed by atoms with van der Waals surface area (Å²) in [6, 6.07) is 13.5. The maximum atomic E-state index is 13.1. The van der Waals surface area contributed by atoms with Crippen LogP contribution >= 0.6 is 74.7 Å². The fourth-order valence-corrected chi connectivity index (χ4v) is 4.81. The van der Waals surface area contributed by atoms with Crippen molar-refractivity contribution in [2.75, 3.05) is 4.90 Å². The van der Waals surface area contributed by atoms with Crippen LogP contribution in [-0.4, -0.2) is 16.9 Å². The molecule has 4 rings (SSSR count). The van der Waals surface area contributed by atoms with Crippen LogP contribution in [0.2, 0.25) is 15.1 Å². The minimum atomic E-state index is -0.629. The monoisotopic (exact) mass is 586 g/mol. The SMILES string of the molecule is O=C1NC(=S)N(c2ccc(Cl)c(Cl)c2)C(=O)/C1=C/c1cc(Br)c(Sc2ccc(Cl)cc2)o1. The van der Waals surface area contributed by atoms with Crippen molar-refractivity contribution in [1.82, 2.24) is 5.32 Å². The van der Waals surface area contributed by atoms with E-state index >= 15 is 0 Å². The molecule has 1 N–H and O–H groups in total. The third-order valence-corrected chi connectivity index (χ3v) is 7.37. The molecule has 2 heterocycles. The molecule has 2 aromatic carbocycles. The van der Waals surface area contributed by atoms with E-state index in [-0.39, 0.29) is 15.7 Å². The largest absolute Gasteiger partial charge is 0.449 e. The van der Waals surface area contributed by atoms with Crippen LogP contribution in [0.25, 0.3) is 6.08 Å². The van der Waals surface area contributed by atoms with E-state index in [0.717, 1.165) is 4.90 Å². The van der Waals surface area contributed by atoms with Crippen LogP contribution in [-0.2, 0) is 9.59 Å². The van der Waals surface area contributed by atoms with Crippen molar-refractivity contribution in [3.8, 4) is 0 Å². The molecule has 11 heteroatoms. The number of anilines is 1. The lowest BCUT2D eigenvalue weighted by Crippen LogP contribution is -2.54. The number of halogens is 4. The molecule has 0 unspecified atom stereocenters. The minimum Gasteiger partial charge on any atom is -0.449 e. The van der Waals surface area contributed by atoms with Crippen LogP contribution < -0.4 is 10.2 Å². The van der Waals surface area contributed by atoms with Crippen molar-refractivity contribution in [1.29, 1.82) is 0 Å². The molecule has 0 bridgehead atoms. The molecule has 5 nitrogen and oxygen atoms in total. The number of hydrogen-bond donors (Lipinski definition) is 1. The third kappa shape index (κ3) is 4.90. The lowest BCUT2D eigenvalue weighted by atomic mass is 10.1. The molecule has 1 saturated heterocycles. The number of benzene rings is 2. The van der Waals surface area contributed by atoms with E-state index in [4.69, 9.17) is 51.4 Å². The van der Waals surface area contributed by atoms with Gasteiger partial charge in [0.05, 0.1) is 20.2 Å². The van der Waals surface area contributed by atoms with Crippen LogP contribution in [0.15, 0.2) is 73.0 Å². The topological polar surface area (TPSA) is 62.6 Å². The first-order valence-electron chi connectivity index (χ1n) is 8.82. The smallest absolute Gasteiger partial charge is 0.270 e. The van der Waals surface area contributed by atoms with Crippen molar-refractivity contribution < 1.29 is 14.0 Å². The number of rotatable bonds is 4. The highest BCUT2D eigenvalue weighted by molar-refractivity contribution is 9.10. The second-order valence-corrected chi connectivity index (χ2v) is 9.93. The van der Waals surface area contributed by atoms with Crippen molar-refractivity contribution in [3.63, 3.8) is 0 Å². The maximum Gasteiger partial charge on any atom is 0.270 e. The van der Waals surface area contributed by atoms with Crippen LogP contribution in [0.4, 0.5) is 5.69 Å². The highest BCUT2D eigenvalue weighted by Crippen LogP contribution is 2.37. The normalized spacial score (nSPS) is 15.4. The second-order valence-electron chi connectivity index (χ2n) is 6.40. The molecule has 1 aliphatic rings. The summed E-state index contributed by atoms with van der Waals surface area (Å²) >= 11 is 28.0. The summed E-state index contributed by atoms with van der Waals surface area (Å²) < 4.78 is 6.51. The third-order valence-electron chi connectivity index (χ3n) is 4.25. The minimum absolute atomic E-state index is 0.0600. The van der Waals surface area contributed by atoms with Gasteiger partial charge < -0.3 is 4.42 Å². The Labute approximate surface area is 215 Å². The van der Waals surface area contributed by atoms with Crippen molar-refractivity contribution >= 4 is 103 Å². The van der Waals surface area contributed by atoms with Gasteiger partial charge in [0.1, 0.15) is 11.3 Å². The summed E-state index contributed by atoms with van der Waals surface area (Å²) in [5.41, 5.74) is 0.230. The van der Waals surface area contributed by atoms with Gasteiger partial charge in [-0.2, -0.15) is 0 Å². The number of thiocarbonyl (C=S) groups is 1. The Hall–Kier alpha value is -1.81. The molecule has 0 radical (unpaired) electrons. The van der Waals surface area contributed by atoms with Gasteiger partial charge in [-0.25, -0.2) is 0 Å². The predicted octanol–water partition coefficient (Wildman–Crippen LogP) is 6.98. The average Bonchev–Trinajstić information content (AvgIpc) is 3.08. The number of nitrogens with zero attached hydrogens (tertiary/aromatic N) is 1. The number of carbonyl (C=O) groups is 2. The van der Waals surface area contributed by atoms with Gasteiger partial charge in [0, 0.05) is 9.92 Å². The molecule has 2 amide bonds. The highest BCUT2D eigenvalue weighted by Gasteiger charge is 2.35. The molecule has 0 spiro atoms. The summed E-state index contributed by atoms with van der Waals surface area (Å²) in [6.45, 7) is 0. The number of amides is 2. The Balaban J connectivity index is 1.64. The first kappa shape index (κ1) is 23.4. The Morgan fingerprint density at radius 2 is 1.75 bits per heavy atom. The van der Waals surface area contributed by atoms with E-state index in [1.54, 1.807) is 30.3 Å². The van der Waals surface area contributed by atoms with E-state index < -0.39 is 11.8 Å². The summed E-state index contributed by atoms with van der Waals surface area (Å²) in [4.78, 5) is 27.7. The van der Waals surface area contributed by atoms with Crippen molar-refractivity contribution in [3.05, 3.63) is 79.4 Å². The Bertz CT molecular complexity index is 1290. The quantitative estimate of drug-likeness (QED) is 0.202. The van der Waals surface area contributed by atoms with Gasteiger partial charge in [0.25, 0.3) is 11.8 Å². The molecule has 3 aromatic rings. The van der Waals surface area contributed by atoms with Gasteiger partial charge in [-0.15, -0.1) is 0 Å². The van der Waals surface area contributed by atoms with E-state index in [9.17, 15) is 9.59 Å². The molecule has 1 fully saturated rings. The van der Waals surface area contributed by atoms with Crippen LogP contribution in [0.1, 0.15) is 5.76 Å². The van der Waals surface area contributed by atoms with Gasteiger partial charge in [0.15, 0.2) is 10.2 Å². The van der Waals surface area contributed by atoms with Gasteiger partial charge in [0.2, 0.25) is 0 Å². The molecule has 0 saturated carbocycles. The maximum absolute atomic E-state index is 13.1.